The van der Waals surface area contributed by atoms with Gasteiger partial charge in [-0.25, -0.2) is 0 Å². The summed E-state index contributed by atoms with van der Waals surface area (Å²) in [5.74, 6) is -0.0776. The highest BCUT2D eigenvalue weighted by molar-refractivity contribution is 7.17. The maximum absolute atomic E-state index is 12.5. The number of carbonyl (C=O) groups is 1. The van der Waals surface area contributed by atoms with Gasteiger partial charge in [-0.2, -0.15) is 10.4 Å². The fraction of sp³-hybridized carbons (Fsp3) is 0.278. The SMILES string of the molecule is Cn1cc(C(=O)Nc2sc3c(c2C#N)C(Cc2ccc(Cl)s2)CNC3)cn1. The second-order valence-electron chi connectivity index (χ2n) is 6.35. The third-order valence-corrected chi connectivity index (χ3v) is 6.86. The number of amides is 1. The Balaban J connectivity index is 1.63. The van der Waals surface area contributed by atoms with Gasteiger partial charge in [-0.05, 0) is 24.1 Å². The van der Waals surface area contributed by atoms with E-state index in [1.165, 1.54) is 22.4 Å². The van der Waals surface area contributed by atoms with Crippen LogP contribution in [0.2, 0.25) is 4.34 Å². The average Bonchev–Trinajstić information content (AvgIpc) is 3.34. The molecule has 0 saturated heterocycles. The van der Waals surface area contributed by atoms with Crippen LogP contribution in [0.3, 0.4) is 0 Å². The van der Waals surface area contributed by atoms with Crippen molar-refractivity contribution in [3.05, 3.63) is 55.3 Å². The quantitative estimate of drug-likeness (QED) is 0.677. The van der Waals surface area contributed by atoms with E-state index in [1.807, 2.05) is 12.1 Å². The number of nitrogens with zero attached hydrogens (tertiary/aromatic N) is 3. The predicted molar refractivity (Wildman–Crippen MR) is 108 cm³/mol. The van der Waals surface area contributed by atoms with E-state index in [0.29, 0.717) is 22.7 Å². The normalized spacial score (nSPS) is 16.0. The van der Waals surface area contributed by atoms with Gasteiger partial charge in [-0.1, -0.05) is 11.6 Å². The van der Waals surface area contributed by atoms with Crippen molar-refractivity contribution in [3.63, 3.8) is 0 Å². The van der Waals surface area contributed by atoms with Gasteiger partial charge in [-0.15, -0.1) is 22.7 Å². The first kappa shape index (κ1) is 18.2. The van der Waals surface area contributed by atoms with Gasteiger partial charge in [0.2, 0.25) is 0 Å². The molecule has 0 saturated carbocycles. The van der Waals surface area contributed by atoms with Gasteiger partial charge in [0, 0.05) is 42.0 Å². The molecule has 6 nitrogen and oxygen atoms in total. The summed E-state index contributed by atoms with van der Waals surface area (Å²) in [6.07, 6.45) is 3.98. The second kappa shape index (κ2) is 7.44. The van der Waals surface area contributed by atoms with Gasteiger partial charge in [0.15, 0.2) is 0 Å². The van der Waals surface area contributed by atoms with Gasteiger partial charge in [0.05, 0.1) is 21.7 Å². The molecule has 4 rings (SSSR count). The lowest BCUT2D eigenvalue weighted by Crippen LogP contribution is -2.28. The molecular weight excluding hydrogens is 402 g/mol. The Morgan fingerprint density at radius 2 is 2.37 bits per heavy atom. The van der Waals surface area contributed by atoms with Crippen molar-refractivity contribution in [2.24, 2.45) is 7.05 Å². The highest BCUT2D eigenvalue weighted by Gasteiger charge is 2.29. The zero-order valence-electron chi connectivity index (χ0n) is 14.5. The Hall–Kier alpha value is -2.18. The van der Waals surface area contributed by atoms with Crippen molar-refractivity contribution in [2.75, 3.05) is 11.9 Å². The third kappa shape index (κ3) is 3.64. The third-order valence-electron chi connectivity index (χ3n) is 4.49. The lowest BCUT2D eigenvalue weighted by molar-refractivity contribution is 0.102. The number of fused-ring (bicyclic) bond motifs is 1. The number of anilines is 1. The first-order valence-electron chi connectivity index (χ1n) is 8.35. The van der Waals surface area contributed by atoms with Crippen LogP contribution in [0.15, 0.2) is 24.5 Å². The summed E-state index contributed by atoms with van der Waals surface area (Å²) in [5, 5.41) is 20.7. The summed E-state index contributed by atoms with van der Waals surface area (Å²) >= 11 is 9.09. The number of carbonyl (C=O) groups excluding carboxylic acids is 1. The topological polar surface area (TPSA) is 82.7 Å². The first-order valence-corrected chi connectivity index (χ1v) is 10.4. The molecule has 9 heteroatoms. The van der Waals surface area contributed by atoms with E-state index in [0.717, 1.165) is 27.7 Å². The number of thiophene rings is 2. The van der Waals surface area contributed by atoms with Gasteiger partial charge in [-0.3, -0.25) is 9.48 Å². The standard InChI is InChI=1S/C18H16ClN5OS2/c1-24-9-11(7-22-24)17(25)23-18-13(5-20)16-10(6-21-8-14(16)27-18)4-12-2-3-15(19)26-12/h2-3,7,9-10,21H,4,6,8H2,1H3,(H,23,25). The molecule has 138 valence electrons. The molecule has 0 aliphatic carbocycles. The monoisotopic (exact) mass is 417 g/mol. The van der Waals surface area contributed by atoms with E-state index in [-0.39, 0.29) is 11.8 Å². The molecule has 1 amide bonds. The summed E-state index contributed by atoms with van der Waals surface area (Å²) in [4.78, 5) is 14.8. The fourth-order valence-electron chi connectivity index (χ4n) is 3.31. The summed E-state index contributed by atoms with van der Waals surface area (Å²) in [5.41, 5.74) is 2.09. The smallest absolute Gasteiger partial charge is 0.259 e. The van der Waals surface area contributed by atoms with Crippen LogP contribution in [0.4, 0.5) is 5.00 Å². The zero-order valence-corrected chi connectivity index (χ0v) is 16.8. The Morgan fingerprint density at radius 1 is 1.52 bits per heavy atom. The average molecular weight is 418 g/mol. The van der Waals surface area contributed by atoms with Crippen molar-refractivity contribution in [1.29, 1.82) is 5.26 Å². The Morgan fingerprint density at radius 3 is 3.04 bits per heavy atom. The highest BCUT2D eigenvalue weighted by atomic mass is 35.5. The van der Waals surface area contributed by atoms with Crippen molar-refractivity contribution >= 4 is 45.2 Å². The summed E-state index contributed by atoms with van der Waals surface area (Å²) in [6.45, 7) is 1.50. The minimum atomic E-state index is -0.257. The maximum atomic E-state index is 12.5. The number of hydrogen-bond acceptors (Lipinski definition) is 6. The van der Waals surface area contributed by atoms with Crippen LogP contribution in [-0.2, 0) is 20.0 Å². The molecule has 1 aliphatic heterocycles. The highest BCUT2D eigenvalue weighted by Crippen LogP contribution is 2.41. The maximum Gasteiger partial charge on any atom is 0.259 e. The van der Waals surface area contributed by atoms with E-state index in [9.17, 15) is 10.1 Å². The van der Waals surface area contributed by atoms with Crippen LogP contribution in [0, 0.1) is 11.3 Å². The number of aromatic nitrogens is 2. The lowest BCUT2D eigenvalue weighted by atomic mass is 9.89. The number of halogens is 1. The Bertz CT molecular complexity index is 1040. The molecule has 0 radical (unpaired) electrons. The van der Waals surface area contributed by atoms with Crippen LogP contribution in [-0.4, -0.2) is 22.2 Å². The largest absolute Gasteiger partial charge is 0.312 e. The van der Waals surface area contributed by atoms with E-state index < -0.39 is 0 Å². The van der Waals surface area contributed by atoms with E-state index in [1.54, 1.807) is 29.3 Å². The Labute approximate surface area is 169 Å². The van der Waals surface area contributed by atoms with Crippen LogP contribution in [0.25, 0.3) is 0 Å². The molecule has 0 bridgehead atoms. The molecule has 3 aromatic rings. The molecule has 2 N–H and O–H groups in total. The summed E-state index contributed by atoms with van der Waals surface area (Å²) < 4.78 is 2.34. The van der Waals surface area contributed by atoms with Gasteiger partial charge in [0.25, 0.3) is 5.91 Å². The molecule has 1 unspecified atom stereocenters. The lowest BCUT2D eigenvalue weighted by Gasteiger charge is -2.23. The van der Waals surface area contributed by atoms with Crippen LogP contribution >= 0.6 is 34.3 Å². The molecule has 1 aliphatic rings. The van der Waals surface area contributed by atoms with Crippen molar-refractivity contribution < 1.29 is 4.79 Å². The second-order valence-corrected chi connectivity index (χ2v) is 9.25. The van der Waals surface area contributed by atoms with Gasteiger partial charge < -0.3 is 10.6 Å². The number of nitrogens with one attached hydrogen (secondary N) is 2. The molecule has 3 aromatic heterocycles. The first-order chi connectivity index (χ1) is 13.0. The minimum Gasteiger partial charge on any atom is -0.312 e. The van der Waals surface area contributed by atoms with Crippen LogP contribution in [0.5, 0.6) is 0 Å². The molecule has 27 heavy (non-hydrogen) atoms. The minimum absolute atomic E-state index is 0.179. The number of aryl methyl sites for hydroxylation is 1. The van der Waals surface area contributed by atoms with E-state index in [4.69, 9.17) is 11.6 Å². The molecule has 0 fully saturated rings. The molecule has 4 heterocycles. The fourth-order valence-corrected chi connectivity index (χ4v) is 5.68. The van der Waals surface area contributed by atoms with E-state index in [2.05, 4.69) is 21.8 Å². The molecular formula is C18H16ClN5OS2. The van der Waals surface area contributed by atoms with Gasteiger partial charge in [0.1, 0.15) is 11.1 Å². The zero-order chi connectivity index (χ0) is 19.0. The van der Waals surface area contributed by atoms with Crippen LogP contribution < -0.4 is 10.6 Å². The van der Waals surface area contributed by atoms with E-state index >= 15 is 0 Å². The summed E-state index contributed by atoms with van der Waals surface area (Å²) in [7, 11) is 1.76. The van der Waals surface area contributed by atoms with Gasteiger partial charge >= 0.3 is 0 Å². The van der Waals surface area contributed by atoms with Crippen LogP contribution in [0.1, 0.15) is 37.2 Å². The predicted octanol–water partition coefficient (Wildman–Crippen LogP) is 3.75. The van der Waals surface area contributed by atoms with Crippen molar-refractivity contribution in [2.45, 2.75) is 18.9 Å². The van der Waals surface area contributed by atoms with Crippen molar-refractivity contribution in [1.82, 2.24) is 15.1 Å². The van der Waals surface area contributed by atoms with Crippen molar-refractivity contribution in [3.8, 4) is 6.07 Å². The number of hydrogen-bond donors (Lipinski definition) is 2. The molecule has 1 atom stereocenters. The Kier molecular flexibility index (Phi) is 5.02. The molecule has 0 aromatic carbocycles. The number of nitriles is 1. The number of rotatable bonds is 4. The molecule has 0 spiro atoms. The summed E-state index contributed by atoms with van der Waals surface area (Å²) in [6, 6.07) is 6.24.